The quantitative estimate of drug-likeness (QED) is 0.895. The van der Waals surface area contributed by atoms with Crippen molar-refractivity contribution in [3.63, 3.8) is 0 Å². The van der Waals surface area contributed by atoms with E-state index < -0.39 is 5.54 Å². The van der Waals surface area contributed by atoms with Gasteiger partial charge in [-0.25, -0.2) is 4.39 Å². The minimum absolute atomic E-state index is 0.00633. The van der Waals surface area contributed by atoms with Gasteiger partial charge < -0.3 is 10.2 Å². The van der Waals surface area contributed by atoms with Crippen LogP contribution in [0, 0.1) is 18.7 Å². The van der Waals surface area contributed by atoms with Gasteiger partial charge in [-0.1, -0.05) is 0 Å². The summed E-state index contributed by atoms with van der Waals surface area (Å²) in [6.07, 6.45) is 1.91. The van der Waals surface area contributed by atoms with E-state index in [-0.39, 0.29) is 30.1 Å². The molecule has 0 aromatic heterocycles. The van der Waals surface area contributed by atoms with Crippen molar-refractivity contribution >= 4 is 17.5 Å². The van der Waals surface area contributed by atoms with Gasteiger partial charge in [0.25, 0.3) is 5.91 Å². The van der Waals surface area contributed by atoms with Gasteiger partial charge in [0, 0.05) is 5.69 Å². The Morgan fingerprint density at radius 2 is 2.05 bits per heavy atom. The molecule has 3 rings (SSSR count). The zero-order valence-electron chi connectivity index (χ0n) is 11.6. The summed E-state index contributed by atoms with van der Waals surface area (Å²) in [6, 6.07) is 4.26. The first kappa shape index (κ1) is 13.1. The van der Waals surface area contributed by atoms with Crippen molar-refractivity contribution in [3.05, 3.63) is 29.6 Å². The highest BCUT2D eigenvalue weighted by molar-refractivity contribution is 6.09. The van der Waals surface area contributed by atoms with Crippen LogP contribution in [0.3, 0.4) is 0 Å². The Bertz CT molecular complexity index is 598. The fourth-order valence-corrected chi connectivity index (χ4v) is 2.93. The highest BCUT2D eigenvalue weighted by atomic mass is 19.1. The van der Waals surface area contributed by atoms with E-state index in [0.717, 1.165) is 12.8 Å². The van der Waals surface area contributed by atoms with Crippen molar-refractivity contribution < 1.29 is 14.0 Å². The number of amides is 2. The van der Waals surface area contributed by atoms with Crippen molar-refractivity contribution in [2.75, 3.05) is 11.4 Å². The average molecular weight is 276 g/mol. The number of anilines is 1. The van der Waals surface area contributed by atoms with Crippen LogP contribution in [0.4, 0.5) is 10.1 Å². The Balaban J connectivity index is 1.99. The first-order valence-electron chi connectivity index (χ1n) is 6.81. The average Bonchev–Trinajstić information content (AvgIpc) is 3.18. The van der Waals surface area contributed by atoms with Crippen LogP contribution in [0.15, 0.2) is 18.2 Å². The number of carbonyl (C=O) groups excluding carboxylic acids is 2. The lowest BCUT2D eigenvalue weighted by atomic mass is 9.91. The molecule has 1 aromatic carbocycles. The SMILES string of the molecule is Cc1cc(F)ccc1N1CC(=O)NC(C)(C2CC2)C1=O. The largest absolute Gasteiger partial charge is 0.340 e. The molecule has 5 heteroatoms. The number of nitrogens with one attached hydrogen (secondary N) is 1. The maximum atomic E-state index is 13.2. The minimum Gasteiger partial charge on any atom is -0.340 e. The molecule has 0 spiro atoms. The normalized spacial score (nSPS) is 26.6. The van der Waals surface area contributed by atoms with Crippen molar-refractivity contribution in [1.82, 2.24) is 5.32 Å². The van der Waals surface area contributed by atoms with Crippen LogP contribution in [0.1, 0.15) is 25.3 Å². The highest BCUT2D eigenvalue weighted by Crippen LogP contribution is 2.42. The van der Waals surface area contributed by atoms with Gasteiger partial charge in [-0.15, -0.1) is 0 Å². The number of hydrogen-bond donors (Lipinski definition) is 1. The third-order valence-electron chi connectivity index (χ3n) is 4.23. The molecule has 2 aliphatic rings. The van der Waals surface area contributed by atoms with E-state index in [4.69, 9.17) is 0 Å². The number of rotatable bonds is 2. The number of benzene rings is 1. The molecule has 1 aliphatic heterocycles. The van der Waals surface area contributed by atoms with E-state index >= 15 is 0 Å². The Morgan fingerprint density at radius 3 is 2.65 bits per heavy atom. The number of aryl methyl sites for hydroxylation is 1. The monoisotopic (exact) mass is 276 g/mol. The van der Waals surface area contributed by atoms with Crippen LogP contribution in [-0.4, -0.2) is 23.9 Å². The van der Waals surface area contributed by atoms with E-state index in [2.05, 4.69) is 5.32 Å². The number of piperazine rings is 1. The number of nitrogens with zero attached hydrogens (tertiary/aromatic N) is 1. The molecule has 0 bridgehead atoms. The molecule has 1 aromatic rings. The van der Waals surface area contributed by atoms with Crippen LogP contribution >= 0.6 is 0 Å². The van der Waals surface area contributed by atoms with Crippen molar-refractivity contribution in [2.45, 2.75) is 32.2 Å². The summed E-state index contributed by atoms with van der Waals surface area (Å²) >= 11 is 0. The van der Waals surface area contributed by atoms with Crippen LogP contribution in [-0.2, 0) is 9.59 Å². The predicted molar refractivity (Wildman–Crippen MR) is 72.8 cm³/mol. The molecular formula is C15H17FN2O2. The third-order valence-corrected chi connectivity index (χ3v) is 4.23. The summed E-state index contributed by atoms with van der Waals surface area (Å²) in [6.45, 7) is 3.52. The van der Waals surface area contributed by atoms with Gasteiger partial charge in [-0.2, -0.15) is 0 Å². The van der Waals surface area contributed by atoms with Crippen molar-refractivity contribution in [2.24, 2.45) is 5.92 Å². The smallest absolute Gasteiger partial charge is 0.253 e. The molecule has 2 fully saturated rings. The molecule has 0 radical (unpaired) electrons. The maximum Gasteiger partial charge on any atom is 0.253 e. The molecule has 1 unspecified atom stereocenters. The molecule has 1 saturated heterocycles. The van der Waals surface area contributed by atoms with Gasteiger partial charge in [-0.05, 0) is 56.4 Å². The van der Waals surface area contributed by atoms with Gasteiger partial charge in [0.15, 0.2) is 0 Å². The lowest BCUT2D eigenvalue weighted by molar-refractivity contribution is -0.136. The molecular weight excluding hydrogens is 259 g/mol. The third kappa shape index (κ3) is 1.97. The highest BCUT2D eigenvalue weighted by Gasteiger charge is 2.52. The fourth-order valence-electron chi connectivity index (χ4n) is 2.93. The van der Waals surface area contributed by atoms with Crippen LogP contribution in [0.25, 0.3) is 0 Å². The van der Waals surface area contributed by atoms with Crippen molar-refractivity contribution in [3.8, 4) is 0 Å². The van der Waals surface area contributed by atoms with E-state index in [1.54, 1.807) is 19.9 Å². The summed E-state index contributed by atoms with van der Waals surface area (Å²) in [4.78, 5) is 26.1. The molecule has 1 saturated carbocycles. The van der Waals surface area contributed by atoms with Gasteiger partial charge >= 0.3 is 0 Å². The standard InChI is InChI=1S/C15H17FN2O2/c1-9-7-11(16)5-6-12(9)18-8-13(19)17-15(2,14(18)20)10-3-4-10/h5-7,10H,3-4,8H2,1-2H3,(H,17,19). The Kier molecular flexibility index (Phi) is 2.81. The molecule has 1 atom stereocenters. The summed E-state index contributed by atoms with van der Waals surface area (Å²) in [5.41, 5.74) is 0.445. The molecule has 20 heavy (non-hydrogen) atoms. The molecule has 4 nitrogen and oxygen atoms in total. The molecule has 1 N–H and O–H groups in total. The van der Waals surface area contributed by atoms with E-state index in [9.17, 15) is 14.0 Å². The summed E-state index contributed by atoms with van der Waals surface area (Å²) < 4.78 is 13.2. The van der Waals surface area contributed by atoms with Gasteiger partial charge in [-0.3, -0.25) is 9.59 Å². The number of hydrogen-bond acceptors (Lipinski definition) is 2. The zero-order valence-corrected chi connectivity index (χ0v) is 11.6. The topological polar surface area (TPSA) is 49.4 Å². The lowest BCUT2D eigenvalue weighted by Gasteiger charge is -2.40. The van der Waals surface area contributed by atoms with Crippen LogP contribution in [0.2, 0.25) is 0 Å². The lowest BCUT2D eigenvalue weighted by Crippen LogP contribution is -2.66. The number of halogens is 1. The van der Waals surface area contributed by atoms with Gasteiger partial charge in [0.05, 0.1) is 0 Å². The van der Waals surface area contributed by atoms with Crippen LogP contribution < -0.4 is 10.2 Å². The van der Waals surface area contributed by atoms with E-state index in [0.29, 0.717) is 11.3 Å². The van der Waals surface area contributed by atoms with Crippen molar-refractivity contribution in [1.29, 1.82) is 0 Å². The van der Waals surface area contributed by atoms with Gasteiger partial charge in [0.1, 0.15) is 17.9 Å². The zero-order chi connectivity index (χ0) is 14.5. The molecule has 2 amide bonds. The maximum absolute atomic E-state index is 13.2. The Labute approximate surface area is 117 Å². The number of carbonyl (C=O) groups is 2. The molecule has 106 valence electrons. The first-order valence-corrected chi connectivity index (χ1v) is 6.81. The summed E-state index contributed by atoms with van der Waals surface area (Å²) in [5.74, 6) is -0.398. The van der Waals surface area contributed by atoms with Crippen LogP contribution in [0.5, 0.6) is 0 Å². The predicted octanol–water partition coefficient (Wildman–Crippen LogP) is 1.77. The second-order valence-corrected chi connectivity index (χ2v) is 5.85. The first-order chi connectivity index (χ1) is 9.41. The van der Waals surface area contributed by atoms with E-state index in [1.807, 2.05) is 0 Å². The second kappa shape index (κ2) is 4.30. The Morgan fingerprint density at radius 1 is 1.35 bits per heavy atom. The molecule has 1 aliphatic carbocycles. The summed E-state index contributed by atoms with van der Waals surface area (Å²) in [7, 11) is 0. The Hall–Kier alpha value is -1.91. The van der Waals surface area contributed by atoms with E-state index in [1.165, 1.54) is 17.0 Å². The minimum atomic E-state index is -0.823. The molecule has 1 heterocycles. The second-order valence-electron chi connectivity index (χ2n) is 5.85. The summed E-state index contributed by atoms with van der Waals surface area (Å²) in [5, 5.41) is 2.83. The van der Waals surface area contributed by atoms with Gasteiger partial charge in [0.2, 0.25) is 5.91 Å². The fraction of sp³-hybridized carbons (Fsp3) is 0.467.